The molecule has 11 nitrogen and oxygen atoms in total. The highest BCUT2D eigenvalue weighted by Gasteiger charge is 2.44. The van der Waals surface area contributed by atoms with Crippen LogP contribution >= 0.6 is 8.61 Å². The van der Waals surface area contributed by atoms with Gasteiger partial charge >= 0.3 is 0 Å². The molecule has 0 spiro atoms. The summed E-state index contributed by atoms with van der Waals surface area (Å²) < 4.78 is 18.2. The molecule has 0 bridgehead atoms. The molecule has 1 aliphatic heterocycles. The van der Waals surface area contributed by atoms with Crippen molar-refractivity contribution in [1.82, 2.24) is 18.9 Å². The van der Waals surface area contributed by atoms with Crippen LogP contribution in [0.15, 0.2) is 11.1 Å². The molecule has 2 unspecified atom stereocenters. The molecule has 0 radical (unpaired) electrons. The van der Waals surface area contributed by atoms with Gasteiger partial charge in [-0.05, 0) is 0 Å². The predicted octanol–water partition coefficient (Wildman–Crippen LogP) is -2.16. The van der Waals surface area contributed by atoms with Gasteiger partial charge < -0.3 is 25.8 Å². The molecule has 0 amide bonds. The number of nitrogens with zero attached hydrogens (tertiary/aromatic N) is 4. The third-order valence-electron chi connectivity index (χ3n) is 3.47. The number of nitrogens with two attached hydrogens (primary N) is 1. The summed E-state index contributed by atoms with van der Waals surface area (Å²) in [7, 11) is -0.647. The fourth-order valence-electron chi connectivity index (χ4n) is 2.35. The van der Waals surface area contributed by atoms with E-state index in [1.54, 1.807) is 0 Å². The van der Waals surface area contributed by atoms with Crippen molar-refractivity contribution in [3.63, 3.8) is 0 Å². The van der Waals surface area contributed by atoms with Crippen LogP contribution in [0.2, 0.25) is 0 Å². The Morgan fingerprint density at radius 3 is 2.73 bits per heavy atom. The minimum absolute atomic E-state index is 0.0113. The van der Waals surface area contributed by atoms with Gasteiger partial charge in [-0.3, -0.25) is 9.36 Å². The number of rotatable bonds is 3. The average Bonchev–Trinajstić information content (AvgIpc) is 3.02. The Labute approximate surface area is 123 Å². The van der Waals surface area contributed by atoms with E-state index >= 15 is 0 Å². The first-order valence-corrected chi connectivity index (χ1v) is 6.97. The zero-order valence-corrected chi connectivity index (χ0v) is 11.9. The van der Waals surface area contributed by atoms with Gasteiger partial charge in [-0.25, -0.2) is 9.55 Å². The Kier molecular flexibility index (Phi) is 3.67. The van der Waals surface area contributed by atoms with E-state index < -0.39 is 45.3 Å². The lowest BCUT2D eigenvalue weighted by Gasteiger charge is -2.16. The first-order chi connectivity index (χ1) is 10.5. The summed E-state index contributed by atoms with van der Waals surface area (Å²) in [6.45, 7) is -0.487. The first kappa shape index (κ1) is 15.0. The van der Waals surface area contributed by atoms with E-state index in [0.29, 0.717) is 4.34 Å². The average molecular weight is 329 g/mol. The van der Waals surface area contributed by atoms with E-state index in [-0.39, 0.29) is 17.1 Å². The SMILES string of the molecule is Nc1nc2c(ncn2[C@@H]2O[C@H](CO)C(O)C2O)c(=O)n1P=O. The van der Waals surface area contributed by atoms with Gasteiger partial charge in [0, 0.05) is 0 Å². The number of imidazole rings is 1. The summed E-state index contributed by atoms with van der Waals surface area (Å²) in [5.41, 5.74) is 4.73. The number of hydrogen-bond acceptors (Lipinski definition) is 9. The van der Waals surface area contributed by atoms with Crippen molar-refractivity contribution >= 4 is 25.7 Å². The molecule has 0 aliphatic carbocycles. The third-order valence-corrected chi connectivity index (χ3v) is 4.02. The van der Waals surface area contributed by atoms with Crippen molar-refractivity contribution < 1.29 is 24.6 Å². The monoisotopic (exact) mass is 329 g/mol. The van der Waals surface area contributed by atoms with E-state index in [0.717, 1.165) is 0 Å². The molecular formula is C10H12N5O6P. The van der Waals surface area contributed by atoms with E-state index in [1.165, 1.54) is 10.9 Å². The maximum absolute atomic E-state index is 12.0. The molecule has 12 heteroatoms. The molecule has 1 aliphatic rings. The zero-order valence-electron chi connectivity index (χ0n) is 11.0. The summed E-state index contributed by atoms with van der Waals surface area (Å²) in [6.07, 6.45) is -3.53. The highest BCUT2D eigenvalue weighted by Crippen LogP contribution is 2.31. The minimum Gasteiger partial charge on any atom is -0.394 e. The van der Waals surface area contributed by atoms with Gasteiger partial charge in [0.05, 0.1) is 12.9 Å². The molecule has 22 heavy (non-hydrogen) atoms. The van der Waals surface area contributed by atoms with Crippen molar-refractivity contribution in [2.24, 2.45) is 0 Å². The largest absolute Gasteiger partial charge is 0.394 e. The lowest BCUT2D eigenvalue weighted by Crippen LogP contribution is -2.33. The highest BCUT2D eigenvalue weighted by molar-refractivity contribution is 7.21. The number of hydrogen-bond donors (Lipinski definition) is 4. The number of nitrogen functional groups attached to an aromatic ring is 1. The van der Waals surface area contributed by atoms with Crippen LogP contribution in [0.5, 0.6) is 0 Å². The van der Waals surface area contributed by atoms with Gasteiger partial charge in [-0.15, -0.1) is 0 Å². The van der Waals surface area contributed by atoms with Crippen LogP contribution in [0.25, 0.3) is 11.2 Å². The maximum Gasteiger partial charge on any atom is 0.293 e. The lowest BCUT2D eigenvalue weighted by molar-refractivity contribution is -0.0511. The second-order valence-corrected chi connectivity index (χ2v) is 5.28. The number of anilines is 1. The van der Waals surface area contributed by atoms with Gasteiger partial charge in [-0.2, -0.15) is 9.32 Å². The van der Waals surface area contributed by atoms with E-state index in [4.69, 9.17) is 15.6 Å². The van der Waals surface area contributed by atoms with Crippen molar-refractivity contribution in [2.75, 3.05) is 12.3 Å². The fraction of sp³-hybridized carbons (Fsp3) is 0.500. The molecule has 3 rings (SSSR count). The molecule has 0 saturated carbocycles. The van der Waals surface area contributed by atoms with Gasteiger partial charge in [-0.1, -0.05) is 0 Å². The first-order valence-electron chi connectivity index (χ1n) is 6.20. The summed E-state index contributed by atoms with van der Waals surface area (Å²) >= 11 is 0. The van der Waals surface area contributed by atoms with Crippen molar-refractivity contribution in [2.45, 2.75) is 24.5 Å². The second kappa shape index (κ2) is 5.38. The molecular weight excluding hydrogens is 317 g/mol. The summed E-state index contributed by atoms with van der Waals surface area (Å²) in [6, 6.07) is 0. The Balaban J connectivity index is 2.14. The standard InChI is InChI=1S/C10H12N5O6P/c11-10-13-7-4(8(19)15(10)22-20)12-2-14(7)9-6(18)5(17)3(1-16)21-9/h2-3,5-6,9,16-18H,1H2,(H2,11,13)/t3-,5?,6?,9-/m1/s1. The van der Waals surface area contributed by atoms with Crippen molar-refractivity contribution in [3.8, 4) is 0 Å². The van der Waals surface area contributed by atoms with Gasteiger partial charge in [0.1, 0.15) is 18.3 Å². The molecule has 1 fully saturated rings. The normalized spacial score (nSPS) is 28.7. The van der Waals surface area contributed by atoms with Crippen LogP contribution < -0.4 is 11.3 Å². The Hall–Kier alpha value is -1.91. The Morgan fingerprint density at radius 2 is 2.14 bits per heavy atom. The number of aromatic nitrogens is 4. The molecule has 1 saturated heterocycles. The van der Waals surface area contributed by atoms with Crippen LogP contribution in [0.4, 0.5) is 5.95 Å². The predicted molar refractivity (Wildman–Crippen MR) is 72.2 cm³/mol. The van der Waals surface area contributed by atoms with Crippen LogP contribution in [-0.4, -0.2) is 59.1 Å². The third kappa shape index (κ3) is 2.02. The fourth-order valence-corrected chi connectivity index (χ4v) is 2.65. The molecule has 3 heterocycles. The smallest absolute Gasteiger partial charge is 0.293 e. The van der Waals surface area contributed by atoms with Crippen LogP contribution in [-0.2, 0) is 9.30 Å². The van der Waals surface area contributed by atoms with E-state index in [1.807, 2.05) is 0 Å². The topological polar surface area (TPSA) is 166 Å². The van der Waals surface area contributed by atoms with Gasteiger partial charge in [0.2, 0.25) is 5.95 Å². The number of aliphatic hydroxyl groups is 3. The summed E-state index contributed by atoms with van der Waals surface area (Å²) in [4.78, 5) is 19.8. The van der Waals surface area contributed by atoms with Crippen LogP contribution in [0, 0.1) is 0 Å². The van der Waals surface area contributed by atoms with Crippen molar-refractivity contribution in [1.29, 1.82) is 0 Å². The van der Waals surface area contributed by atoms with Crippen molar-refractivity contribution in [3.05, 3.63) is 16.7 Å². The Bertz CT molecular complexity index is 790. The molecule has 5 N–H and O–H groups in total. The lowest BCUT2D eigenvalue weighted by atomic mass is 10.1. The van der Waals surface area contributed by atoms with Crippen LogP contribution in [0.1, 0.15) is 6.23 Å². The maximum atomic E-state index is 12.0. The summed E-state index contributed by atoms with van der Waals surface area (Å²) in [5.74, 6) is -0.303. The van der Waals surface area contributed by atoms with Gasteiger partial charge in [0.25, 0.3) is 14.2 Å². The van der Waals surface area contributed by atoms with E-state index in [9.17, 15) is 19.6 Å². The number of aliphatic hydroxyl groups excluding tert-OH is 3. The molecule has 4 atom stereocenters. The molecule has 2 aromatic rings. The molecule has 2 aromatic heterocycles. The molecule has 0 aromatic carbocycles. The zero-order chi connectivity index (χ0) is 16.0. The number of ether oxygens (including phenoxy) is 1. The quantitative estimate of drug-likeness (QED) is 0.459. The highest BCUT2D eigenvalue weighted by atomic mass is 31.1. The second-order valence-electron chi connectivity index (χ2n) is 4.72. The van der Waals surface area contributed by atoms with E-state index in [2.05, 4.69) is 9.97 Å². The summed E-state index contributed by atoms with van der Waals surface area (Å²) in [5, 5.41) is 28.9. The Morgan fingerprint density at radius 1 is 1.41 bits per heavy atom. The number of fused-ring (bicyclic) bond motifs is 1. The minimum atomic E-state index is -1.35. The molecule has 118 valence electrons. The van der Waals surface area contributed by atoms with Crippen LogP contribution in [0.3, 0.4) is 0 Å². The van der Waals surface area contributed by atoms with Gasteiger partial charge in [0.15, 0.2) is 17.4 Å².